The summed E-state index contributed by atoms with van der Waals surface area (Å²) in [6.07, 6.45) is -0.0444. The minimum Gasteiger partial charge on any atom is -0.466 e. The van der Waals surface area contributed by atoms with Gasteiger partial charge in [0.15, 0.2) is 0 Å². The third-order valence-corrected chi connectivity index (χ3v) is 2.46. The lowest BCUT2D eigenvalue weighted by Crippen LogP contribution is -2.27. The molecule has 0 saturated carbocycles. The maximum Gasteiger partial charge on any atom is 0.307 e. The Hall–Kier alpha value is -1.69. The van der Waals surface area contributed by atoms with Gasteiger partial charge in [0.25, 0.3) is 5.91 Å². The first-order chi connectivity index (χ1) is 8.95. The van der Waals surface area contributed by atoms with Crippen LogP contribution in [0.25, 0.3) is 0 Å². The summed E-state index contributed by atoms with van der Waals surface area (Å²) in [5.74, 6) is -3.12. The number of benzene rings is 1. The summed E-state index contributed by atoms with van der Waals surface area (Å²) in [5.41, 5.74) is -0.467. The van der Waals surface area contributed by atoms with Gasteiger partial charge in [-0.25, -0.2) is 8.78 Å². The van der Waals surface area contributed by atoms with Crippen LogP contribution >= 0.6 is 11.6 Å². The van der Waals surface area contributed by atoms with Crippen LogP contribution in [0.4, 0.5) is 8.78 Å². The fourth-order valence-corrected chi connectivity index (χ4v) is 1.45. The monoisotopic (exact) mass is 291 g/mol. The number of nitrogens with one attached hydrogen (secondary N) is 1. The van der Waals surface area contributed by atoms with Crippen molar-refractivity contribution in [3.63, 3.8) is 0 Å². The van der Waals surface area contributed by atoms with Gasteiger partial charge in [-0.3, -0.25) is 9.59 Å². The van der Waals surface area contributed by atoms with Crippen molar-refractivity contribution in [1.29, 1.82) is 0 Å². The van der Waals surface area contributed by atoms with Crippen LogP contribution in [0, 0.1) is 11.6 Å². The Morgan fingerprint density at radius 3 is 2.63 bits per heavy atom. The molecule has 1 aromatic rings. The minimum absolute atomic E-state index is 0.0264. The van der Waals surface area contributed by atoms with Crippen LogP contribution in [0.5, 0.6) is 0 Å². The molecule has 0 aliphatic heterocycles. The van der Waals surface area contributed by atoms with E-state index in [0.717, 1.165) is 6.07 Å². The van der Waals surface area contributed by atoms with Gasteiger partial charge in [0.2, 0.25) is 0 Å². The number of carbonyl (C=O) groups excluding carboxylic acids is 2. The fraction of sp³-hybridized carbons (Fsp3) is 0.333. The topological polar surface area (TPSA) is 55.4 Å². The van der Waals surface area contributed by atoms with E-state index in [1.807, 2.05) is 0 Å². The van der Waals surface area contributed by atoms with Crippen LogP contribution < -0.4 is 5.32 Å². The third kappa shape index (κ3) is 4.48. The third-order valence-electron chi connectivity index (χ3n) is 2.17. The van der Waals surface area contributed by atoms with Crippen LogP contribution in [-0.4, -0.2) is 25.0 Å². The van der Waals surface area contributed by atoms with Gasteiger partial charge in [0, 0.05) is 6.54 Å². The van der Waals surface area contributed by atoms with Gasteiger partial charge >= 0.3 is 5.97 Å². The first kappa shape index (κ1) is 15.4. The molecule has 1 aromatic carbocycles. The average Bonchev–Trinajstić information content (AvgIpc) is 2.34. The molecule has 1 N–H and O–H groups in total. The van der Waals surface area contributed by atoms with E-state index in [4.69, 9.17) is 11.6 Å². The Bertz CT molecular complexity index is 494. The van der Waals surface area contributed by atoms with Crippen LogP contribution in [-0.2, 0) is 9.53 Å². The molecule has 4 nitrogen and oxygen atoms in total. The molecule has 0 spiro atoms. The van der Waals surface area contributed by atoms with Crippen LogP contribution in [0.3, 0.4) is 0 Å². The second kappa shape index (κ2) is 7.04. The summed E-state index contributed by atoms with van der Waals surface area (Å²) in [6.45, 7) is 1.87. The molecule has 1 rings (SSSR count). The van der Waals surface area contributed by atoms with Gasteiger partial charge in [-0.15, -0.1) is 0 Å². The largest absolute Gasteiger partial charge is 0.466 e. The second-order valence-corrected chi connectivity index (χ2v) is 3.96. The number of amides is 1. The molecule has 0 atom stereocenters. The first-order valence-corrected chi connectivity index (χ1v) is 5.91. The van der Waals surface area contributed by atoms with Crippen molar-refractivity contribution in [1.82, 2.24) is 5.32 Å². The molecular formula is C12H12ClF2NO3. The summed E-state index contributed by atoms with van der Waals surface area (Å²) in [6, 6.07) is 1.43. The van der Waals surface area contributed by atoms with E-state index in [1.165, 1.54) is 0 Å². The number of halogens is 3. The van der Waals surface area contributed by atoms with Crippen molar-refractivity contribution >= 4 is 23.5 Å². The van der Waals surface area contributed by atoms with E-state index >= 15 is 0 Å². The van der Waals surface area contributed by atoms with Crippen molar-refractivity contribution in [3.8, 4) is 0 Å². The smallest absolute Gasteiger partial charge is 0.307 e. The summed E-state index contributed by atoms with van der Waals surface area (Å²) >= 11 is 5.36. The number of rotatable bonds is 5. The van der Waals surface area contributed by atoms with E-state index in [-0.39, 0.29) is 19.6 Å². The van der Waals surface area contributed by atoms with Gasteiger partial charge in [-0.1, -0.05) is 11.6 Å². The number of hydrogen-bond acceptors (Lipinski definition) is 3. The number of esters is 1. The molecule has 0 fully saturated rings. The Morgan fingerprint density at radius 1 is 1.32 bits per heavy atom. The molecule has 0 bridgehead atoms. The van der Waals surface area contributed by atoms with Crippen LogP contribution in [0.15, 0.2) is 12.1 Å². The molecule has 0 radical (unpaired) electrons. The normalized spacial score (nSPS) is 10.1. The highest BCUT2D eigenvalue weighted by Crippen LogP contribution is 2.19. The van der Waals surface area contributed by atoms with Crippen molar-refractivity contribution < 1.29 is 23.1 Å². The molecule has 7 heteroatoms. The van der Waals surface area contributed by atoms with Crippen molar-refractivity contribution in [2.24, 2.45) is 0 Å². The summed E-state index contributed by atoms with van der Waals surface area (Å²) in [7, 11) is 0. The second-order valence-electron chi connectivity index (χ2n) is 3.56. The maximum absolute atomic E-state index is 13.4. The molecule has 0 heterocycles. The van der Waals surface area contributed by atoms with Crippen LogP contribution in [0.2, 0.25) is 5.02 Å². The van der Waals surface area contributed by atoms with Gasteiger partial charge in [-0.05, 0) is 19.1 Å². The highest BCUT2D eigenvalue weighted by Gasteiger charge is 2.15. The summed E-state index contributed by atoms with van der Waals surface area (Å²) < 4.78 is 31.1. The maximum atomic E-state index is 13.4. The Labute approximate surface area is 113 Å². The molecule has 0 aromatic heterocycles. The molecule has 19 heavy (non-hydrogen) atoms. The Morgan fingerprint density at radius 2 is 2.00 bits per heavy atom. The lowest BCUT2D eigenvalue weighted by Gasteiger charge is -2.06. The molecule has 0 saturated heterocycles. The highest BCUT2D eigenvalue weighted by molar-refractivity contribution is 6.30. The van der Waals surface area contributed by atoms with E-state index in [1.54, 1.807) is 6.92 Å². The summed E-state index contributed by atoms with van der Waals surface area (Å²) in [4.78, 5) is 22.6. The predicted octanol–water partition coefficient (Wildman–Crippen LogP) is 2.30. The average molecular weight is 292 g/mol. The quantitative estimate of drug-likeness (QED) is 0.669. The minimum atomic E-state index is -0.931. The molecular weight excluding hydrogens is 280 g/mol. The van der Waals surface area contributed by atoms with Crippen LogP contribution in [0.1, 0.15) is 23.7 Å². The van der Waals surface area contributed by atoms with Crippen molar-refractivity contribution in [2.75, 3.05) is 13.2 Å². The van der Waals surface area contributed by atoms with Gasteiger partial charge in [0.05, 0.1) is 23.6 Å². The SMILES string of the molecule is CCOC(=O)CCNC(=O)c1cc(F)c(Cl)cc1F. The molecule has 1 amide bonds. The van der Waals surface area contributed by atoms with E-state index < -0.39 is 34.1 Å². The molecule has 104 valence electrons. The highest BCUT2D eigenvalue weighted by atomic mass is 35.5. The van der Waals surface area contributed by atoms with Crippen molar-refractivity contribution in [3.05, 3.63) is 34.4 Å². The standard InChI is InChI=1S/C12H12ClF2NO3/c1-2-19-11(17)3-4-16-12(18)7-5-10(15)8(13)6-9(7)14/h5-6H,2-4H2,1H3,(H,16,18). The van der Waals surface area contributed by atoms with E-state index in [0.29, 0.717) is 6.07 Å². The van der Waals surface area contributed by atoms with Gasteiger partial charge in [0.1, 0.15) is 11.6 Å². The number of hydrogen-bond donors (Lipinski definition) is 1. The number of carbonyl (C=O) groups is 2. The molecule has 0 aliphatic rings. The zero-order valence-corrected chi connectivity index (χ0v) is 10.9. The Balaban J connectivity index is 2.59. The van der Waals surface area contributed by atoms with E-state index in [2.05, 4.69) is 10.1 Å². The lowest BCUT2D eigenvalue weighted by molar-refractivity contribution is -0.142. The van der Waals surface area contributed by atoms with Gasteiger partial charge < -0.3 is 10.1 Å². The predicted molar refractivity (Wildman–Crippen MR) is 65.0 cm³/mol. The molecule has 0 aliphatic carbocycles. The first-order valence-electron chi connectivity index (χ1n) is 5.54. The number of ether oxygens (including phenoxy) is 1. The summed E-state index contributed by atoms with van der Waals surface area (Å²) in [5, 5.41) is 1.88. The molecule has 0 unspecified atom stereocenters. The Kier molecular flexibility index (Phi) is 5.69. The van der Waals surface area contributed by atoms with Gasteiger partial charge in [-0.2, -0.15) is 0 Å². The van der Waals surface area contributed by atoms with Crippen molar-refractivity contribution in [2.45, 2.75) is 13.3 Å². The zero-order chi connectivity index (χ0) is 14.4. The van der Waals surface area contributed by atoms with E-state index in [9.17, 15) is 18.4 Å². The lowest BCUT2D eigenvalue weighted by atomic mass is 10.2. The zero-order valence-electron chi connectivity index (χ0n) is 10.1. The fourth-order valence-electron chi connectivity index (χ4n) is 1.30.